The zero-order chi connectivity index (χ0) is 11.3. The van der Waals surface area contributed by atoms with E-state index in [0.717, 1.165) is 11.3 Å². The molecule has 1 atom stereocenters. The highest BCUT2D eigenvalue weighted by molar-refractivity contribution is 8.00. The minimum absolute atomic E-state index is 0.123. The van der Waals surface area contributed by atoms with Crippen molar-refractivity contribution in [1.82, 2.24) is 0 Å². The van der Waals surface area contributed by atoms with Crippen LogP contribution in [0.1, 0.15) is 20.3 Å². The summed E-state index contributed by atoms with van der Waals surface area (Å²) in [6.45, 7) is 3.94. The van der Waals surface area contributed by atoms with Crippen LogP contribution >= 0.6 is 11.8 Å². The number of halogens is 1. The minimum Gasteiger partial charge on any atom is -0.298 e. The molecule has 0 saturated carbocycles. The van der Waals surface area contributed by atoms with Crippen molar-refractivity contribution < 1.29 is 9.18 Å². The largest absolute Gasteiger partial charge is 0.298 e. The van der Waals surface area contributed by atoms with Gasteiger partial charge in [-0.05, 0) is 30.7 Å². The Morgan fingerprint density at radius 3 is 2.53 bits per heavy atom. The average molecular weight is 226 g/mol. The molecule has 0 amide bonds. The van der Waals surface area contributed by atoms with E-state index in [0.29, 0.717) is 5.75 Å². The second-order valence-electron chi connectivity index (χ2n) is 3.52. The number of carbonyl (C=O) groups excluding carboxylic acids is 1. The third kappa shape index (κ3) is 4.04. The Hall–Kier alpha value is -0.830. The first-order chi connectivity index (χ1) is 7.13. The topological polar surface area (TPSA) is 17.1 Å². The lowest BCUT2D eigenvalue weighted by molar-refractivity contribution is -0.119. The molecule has 1 aromatic carbocycles. The summed E-state index contributed by atoms with van der Waals surface area (Å²) in [7, 11) is 0. The lowest BCUT2D eigenvalue weighted by atomic mass is 10.1. The third-order valence-electron chi connectivity index (χ3n) is 2.36. The molecule has 1 unspecified atom stereocenters. The zero-order valence-corrected chi connectivity index (χ0v) is 9.81. The zero-order valence-electron chi connectivity index (χ0n) is 9.00. The van der Waals surface area contributed by atoms with Crippen LogP contribution in [0.4, 0.5) is 4.39 Å². The molecule has 0 heterocycles. The number of rotatable bonds is 5. The van der Waals surface area contributed by atoms with Crippen LogP contribution in [0.2, 0.25) is 0 Å². The number of benzene rings is 1. The van der Waals surface area contributed by atoms with Crippen molar-refractivity contribution in [2.24, 2.45) is 5.92 Å². The van der Waals surface area contributed by atoms with Crippen LogP contribution in [-0.2, 0) is 4.79 Å². The van der Waals surface area contributed by atoms with Gasteiger partial charge in [-0.2, -0.15) is 0 Å². The highest BCUT2D eigenvalue weighted by Gasteiger charge is 2.10. The average Bonchev–Trinajstić information content (AvgIpc) is 2.26. The van der Waals surface area contributed by atoms with Crippen molar-refractivity contribution in [3.05, 3.63) is 30.1 Å². The van der Waals surface area contributed by atoms with Crippen molar-refractivity contribution in [1.29, 1.82) is 0 Å². The predicted octanol–water partition coefficient (Wildman–Crippen LogP) is 3.53. The second-order valence-corrected chi connectivity index (χ2v) is 4.57. The lowest BCUT2D eigenvalue weighted by Crippen LogP contribution is -2.11. The number of Topliss-reactive ketones (excluding diaryl/α,β-unsaturated/α-hetero) is 1. The molecule has 15 heavy (non-hydrogen) atoms. The first-order valence-electron chi connectivity index (χ1n) is 5.04. The maximum atomic E-state index is 12.6. The Balaban J connectivity index is 2.43. The molecule has 0 aliphatic carbocycles. The van der Waals surface area contributed by atoms with E-state index in [1.165, 1.54) is 23.9 Å². The Bertz CT molecular complexity index is 321. The Morgan fingerprint density at radius 1 is 1.40 bits per heavy atom. The molecule has 0 spiro atoms. The first kappa shape index (κ1) is 12.2. The lowest BCUT2D eigenvalue weighted by Gasteiger charge is -2.06. The third-order valence-corrected chi connectivity index (χ3v) is 3.39. The summed E-state index contributed by atoms with van der Waals surface area (Å²) < 4.78 is 12.6. The molecule has 0 radical (unpaired) electrons. The fraction of sp³-hybridized carbons (Fsp3) is 0.417. The monoisotopic (exact) mass is 226 g/mol. The van der Waals surface area contributed by atoms with E-state index in [1.807, 2.05) is 13.8 Å². The van der Waals surface area contributed by atoms with E-state index >= 15 is 0 Å². The van der Waals surface area contributed by atoms with Gasteiger partial charge < -0.3 is 0 Å². The molecule has 1 aromatic rings. The minimum atomic E-state index is -0.243. The van der Waals surface area contributed by atoms with E-state index in [-0.39, 0.29) is 17.5 Å². The molecule has 0 aliphatic heterocycles. The fourth-order valence-electron chi connectivity index (χ4n) is 1.06. The van der Waals surface area contributed by atoms with Gasteiger partial charge in [0.15, 0.2) is 0 Å². The molecule has 3 heteroatoms. The van der Waals surface area contributed by atoms with Crippen molar-refractivity contribution >= 4 is 17.5 Å². The van der Waals surface area contributed by atoms with Gasteiger partial charge >= 0.3 is 0 Å². The van der Waals surface area contributed by atoms with Crippen molar-refractivity contribution in [3.8, 4) is 0 Å². The first-order valence-corrected chi connectivity index (χ1v) is 6.03. The van der Waals surface area contributed by atoms with Gasteiger partial charge in [0.1, 0.15) is 11.6 Å². The molecule has 0 N–H and O–H groups in total. The SMILES string of the molecule is CCC(C)C(=O)CSc1ccc(F)cc1. The van der Waals surface area contributed by atoms with Crippen LogP contribution in [0.15, 0.2) is 29.2 Å². The van der Waals surface area contributed by atoms with Gasteiger partial charge in [0.05, 0.1) is 5.75 Å². The number of thioether (sulfide) groups is 1. The quantitative estimate of drug-likeness (QED) is 0.714. The second kappa shape index (κ2) is 5.91. The summed E-state index contributed by atoms with van der Waals surface area (Å²) in [5.41, 5.74) is 0. The molecule has 1 nitrogen and oxygen atoms in total. The fourth-order valence-corrected chi connectivity index (χ4v) is 1.98. The van der Waals surface area contributed by atoms with Gasteiger partial charge in [-0.15, -0.1) is 11.8 Å². The molecule has 82 valence electrons. The van der Waals surface area contributed by atoms with Crippen LogP contribution in [0.5, 0.6) is 0 Å². The van der Waals surface area contributed by atoms with Gasteiger partial charge in [-0.25, -0.2) is 4.39 Å². The van der Waals surface area contributed by atoms with Crippen LogP contribution in [-0.4, -0.2) is 11.5 Å². The van der Waals surface area contributed by atoms with E-state index < -0.39 is 0 Å². The molecule has 0 bridgehead atoms. The Kier molecular flexibility index (Phi) is 4.82. The van der Waals surface area contributed by atoms with E-state index in [1.54, 1.807) is 12.1 Å². The van der Waals surface area contributed by atoms with Gasteiger partial charge in [-0.1, -0.05) is 13.8 Å². The highest BCUT2D eigenvalue weighted by atomic mass is 32.2. The molecule has 1 rings (SSSR count). The summed E-state index contributed by atoms with van der Waals surface area (Å²) >= 11 is 1.46. The number of hydrogen-bond donors (Lipinski definition) is 0. The summed E-state index contributed by atoms with van der Waals surface area (Å²) in [6.07, 6.45) is 0.878. The van der Waals surface area contributed by atoms with Crippen LogP contribution in [0.3, 0.4) is 0 Å². The van der Waals surface area contributed by atoms with Crippen molar-refractivity contribution in [2.45, 2.75) is 25.2 Å². The van der Waals surface area contributed by atoms with Crippen LogP contribution < -0.4 is 0 Å². The van der Waals surface area contributed by atoms with Crippen LogP contribution in [0.25, 0.3) is 0 Å². The molecule has 0 aliphatic rings. The normalized spacial score (nSPS) is 12.5. The van der Waals surface area contributed by atoms with E-state index in [9.17, 15) is 9.18 Å². The summed E-state index contributed by atoms with van der Waals surface area (Å²) in [4.78, 5) is 12.5. The Morgan fingerprint density at radius 2 is 2.00 bits per heavy atom. The summed E-state index contributed by atoms with van der Waals surface area (Å²) in [6, 6.07) is 6.22. The highest BCUT2D eigenvalue weighted by Crippen LogP contribution is 2.19. The molecular weight excluding hydrogens is 211 g/mol. The van der Waals surface area contributed by atoms with Gasteiger partial charge in [0.2, 0.25) is 0 Å². The molecule has 0 saturated heterocycles. The molecular formula is C12H15FOS. The Labute approximate surface area is 94.1 Å². The predicted molar refractivity (Wildman–Crippen MR) is 61.6 cm³/mol. The summed E-state index contributed by atoms with van der Waals surface area (Å²) in [5, 5.41) is 0. The van der Waals surface area contributed by atoms with Gasteiger partial charge in [0.25, 0.3) is 0 Å². The maximum Gasteiger partial charge on any atom is 0.145 e. The molecule has 0 aromatic heterocycles. The standard InChI is InChI=1S/C12H15FOS/c1-3-9(2)12(14)8-15-11-6-4-10(13)5-7-11/h4-7,9H,3,8H2,1-2H3. The van der Waals surface area contributed by atoms with Crippen molar-refractivity contribution in [2.75, 3.05) is 5.75 Å². The van der Waals surface area contributed by atoms with Gasteiger partial charge in [-0.3, -0.25) is 4.79 Å². The maximum absolute atomic E-state index is 12.6. The smallest absolute Gasteiger partial charge is 0.145 e. The van der Waals surface area contributed by atoms with Gasteiger partial charge in [0, 0.05) is 10.8 Å². The van der Waals surface area contributed by atoms with Crippen LogP contribution in [0, 0.1) is 11.7 Å². The molecule has 0 fully saturated rings. The number of carbonyl (C=O) groups is 1. The summed E-state index contributed by atoms with van der Waals surface area (Å²) in [5.74, 6) is 0.609. The van der Waals surface area contributed by atoms with E-state index in [4.69, 9.17) is 0 Å². The van der Waals surface area contributed by atoms with E-state index in [2.05, 4.69) is 0 Å². The van der Waals surface area contributed by atoms with Crippen molar-refractivity contribution in [3.63, 3.8) is 0 Å². The number of hydrogen-bond acceptors (Lipinski definition) is 2. The number of ketones is 1.